The summed E-state index contributed by atoms with van der Waals surface area (Å²) in [7, 11) is 0. The van der Waals surface area contributed by atoms with Crippen LogP contribution in [0.5, 0.6) is 0 Å². The monoisotopic (exact) mass is 305 g/mol. The van der Waals surface area contributed by atoms with Gasteiger partial charge in [0.25, 0.3) is 0 Å². The van der Waals surface area contributed by atoms with Gasteiger partial charge in [0.2, 0.25) is 0 Å². The van der Waals surface area contributed by atoms with Gasteiger partial charge in [0.05, 0.1) is 17.6 Å². The molecule has 0 fully saturated rings. The molecule has 20 heavy (non-hydrogen) atoms. The van der Waals surface area contributed by atoms with Crippen LogP contribution in [0, 0.1) is 6.92 Å². The van der Waals surface area contributed by atoms with Crippen LogP contribution >= 0.6 is 22.9 Å². The number of rotatable bonds is 4. The second kappa shape index (κ2) is 5.54. The van der Waals surface area contributed by atoms with Gasteiger partial charge in [-0.1, -0.05) is 0 Å². The van der Waals surface area contributed by atoms with Crippen LogP contribution < -0.4 is 0 Å². The molecule has 0 spiro atoms. The molecule has 3 aromatic rings. The summed E-state index contributed by atoms with van der Waals surface area (Å²) in [4.78, 5) is 11.4. The zero-order valence-electron chi connectivity index (χ0n) is 11.5. The Labute approximate surface area is 127 Å². The van der Waals surface area contributed by atoms with Crippen molar-refractivity contribution in [3.8, 4) is 0 Å². The van der Waals surface area contributed by atoms with E-state index in [2.05, 4.69) is 40.5 Å². The van der Waals surface area contributed by atoms with Crippen molar-refractivity contribution in [1.29, 1.82) is 0 Å². The van der Waals surface area contributed by atoms with Crippen LogP contribution in [0.3, 0.4) is 0 Å². The fraction of sp³-hybridized carbons (Fsp3) is 0.333. The Hall–Kier alpha value is -1.39. The average molecular weight is 306 g/mol. The highest BCUT2D eigenvalue weighted by molar-refractivity contribution is 7.11. The largest absolute Gasteiger partial charge is 0.324 e. The minimum Gasteiger partial charge on any atom is -0.324 e. The lowest BCUT2D eigenvalue weighted by Gasteiger charge is -2.16. The number of hydrogen-bond acceptors (Lipinski definition) is 3. The van der Waals surface area contributed by atoms with Gasteiger partial charge < -0.3 is 4.57 Å². The van der Waals surface area contributed by atoms with Crippen molar-refractivity contribution in [2.24, 2.45) is 0 Å². The van der Waals surface area contributed by atoms with Gasteiger partial charge in [-0.15, -0.1) is 22.9 Å². The Bertz CT molecular complexity index is 732. The van der Waals surface area contributed by atoms with Gasteiger partial charge in [-0.2, -0.15) is 0 Å². The quantitative estimate of drug-likeness (QED) is 0.671. The number of aromatic nitrogens is 3. The van der Waals surface area contributed by atoms with E-state index in [9.17, 15) is 0 Å². The Kier molecular flexibility index (Phi) is 3.76. The Morgan fingerprint density at radius 3 is 2.90 bits per heavy atom. The number of imidazole rings is 1. The summed E-state index contributed by atoms with van der Waals surface area (Å²) in [5.74, 6) is 1.33. The van der Waals surface area contributed by atoms with Crippen molar-refractivity contribution >= 4 is 34.0 Å². The van der Waals surface area contributed by atoms with Crippen LogP contribution in [-0.4, -0.2) is 14.5 Å². The highest BCUT2D eigenvalue weighted by Gasteiger charge is 2.16. The van der Waals surface area contributed by atoms with Crippen molar-refractivity contribution in [2.75, 3.05) is 0 Å². The lowest BCUT2D eigenvalue weighted by atomic mass is 10.2. The fourth-order valence-corrected chi connectivity index (χ4v) is 3.76. The molecule has 3 aromatic heterocycles. The van der Waals surface area contributed by atoms with Gasteiger partial charge in [-0.25, -0.2) is 4.98 Å². The maximum atomic E-state index is 6.05. The Morgan fingerprint density at radius 2 is 2.20 bits per heavy atom. The highest BCUT2D eigenvalue weighted by Crippen LogP contribution is 2.26. The van der Waals surface area contributed by atoms with Crippen LogP contribution in [0.2, 0.25) is 0 Å². The summed E-state index contributed by atoms with van der Waals surface area (Å²) in [6.45, 7) is 4.36. The molecular formula is C15H16ClN3S. The predicted molar refractivity (Wildman–Crippen MR) is 84.6 cm³/mol. The first-order valence-electron chi connectivity index (χ1n) is 6.61. The molecule has 0 radical (unpaired) electrons. The Balaban J connectivity index is 1.99. The van der Waals surface area contributed by atoms with E-state index in [0.717, 1.165) is 23.3 Å². The van der Waals surface area contributed by atoms with Crippen LogP contribution in [0.15, 0.2) is 30.6 Å². The maximum absolute atomic E-state index is 6.05. The molecule has 0 aliphatic rings. The van der Waals surface area contributed by atoms with Crippen LogP contribution in [-0.2, 0) is 12.3 Å². The summed E-state index contributed by atoms with van der Waals surface area (Å²) in [6.07, 6.45) is 4.60. The van der Waals surface area contributed by atoms with E-state index < -0.39 is 0 Å². The van der Waals surface area contributed by atoms with Crippen molar-refractivity contribution in [1.82, 2.24) is 14.5 Å². The van der Waals surface area contributed by atoms with Crippen LogP contribution in [0.25, 0.3) is 11.0 Å². The average Bonchev–Trinajstić information content (AvgIpc) is 3.01. The summed E-state index contributed by atoms with van der Waals surface area (Å²) >= 11 is 7.91. The zero-order valence-corrected chi connectivity index (χ0v) is 13.1. The molecule has 5 heteroatoms. The van der Waals surface area contributed by atoms with E-state index in [1.165, 1.54) is 9.75 Å². The summed E-state index contributed by atoms with van der Waals surface area (Å²) in [5.41, 5.74) is 2.02. The number of hydrogen-bond donors (Lipinski definition) is 0. The minimum absolute atomic E-state index is 0.328. The standard InChI is InChI=1S/C15H16ClN3S/c1-10(7-12-4-3-11(2)20-12)19-14-5-6-17-9-13(14)18-15(19)8-16/h3-6,9-10H,7-8H2,1-2H3. The number of nitrogens with zero attached hydrogens (tertiary/aromatic N) is 3. The number of thiophene rings is 1. The third-order valence-corrected chi connectivity index (χ3v) is 4.68. The molecule has 1 atom stereocenters. The molecule has 0 aliphatic carbocycles. The molecule has 0 amide bonds. The number of pyridine rings is 1. The molecule has 0 N–H and O–H groups in total. The third-order valence-electron chi connectivity index (χ3n) is 3.42. The summed E-state index contributed by atoms with van der Waals surface area (Å²) < 4.78 is 2.24. The molecule has 0 bridgehead atoms. The summed E-state index contributed by atoms with van der Waals surface area (Å²) in [6, 6.07) is 6.71. The Morgan fingerprint density at radius 1 is 1.35 bits per heavy atom. The first-order chi connectivity index (χ1) is 9.69. The smallest absolute Gasteiger partial charge is 0.125 e. The second-order valence-electron chi connectivity index (χ2n) is 4.96. The number of fused-ring (bicyclic) bond motifs is 1. The molecule has 0 saturated carbocycles. The molecule has 0 aromatic carbocycles. The second-order valence-corrected chi connectivity index (χ2v) is 6.60. The van der Waals surface area contributed by atoms with E-state index in [-0.39, 0.29) is 0 Å². The fourth-order valence-electron chi connectivity index (χ4n) is 2.56. The SMILES string of the molecule is Cc1ccc(CC(C)n2c(CCl)nc3cnccc32)s1. The van der Waals surface area contributed by atoms with Gasteiger partial charge in [0.1, 0.15) is 11.3 Å². The molecule has 0 saturated heterocycles. The van der Waals surface area contributed by atoms with Gasteiger partial charge >= 0.3 is 0 Å². The van der Waals surface area contributed by atoms with E-state index in [1.54, 1.807) is 12.4 Å². The van der Waals surface area contributed by atoms with E-state index in [1.807, 2.05) is 17.4 Å². The number of alkyl halides is 1. The van der Waals surface area contributed by atoms with Crippen molar-refractivity contribution in [3.05, 3.63) is 46.2 Å². The van der Waals surface area contributed by atoms with Gasteiger partial charge in [-0.3, -0.25) is 4.98 Å². The van der Waals surface area contributed by atoms with E-state index in [0.29, 0.717) is 11.9 Å². The molecule has 0 aliphatic heterocycles. The van der Waals surface area contributed by atoms with Crippen molar-refractivity contribution < 1.29 is 0 Å². The zero-order chi connectivity index (χ0) is 14.1. The number of halogens is 1. The minimum atomic E-state index is 0.328. The van der Waals surface area contributed by atoms with E-state index >= 15 is 0 Å². The topological polar surface area (TPSA) is 30.7 Å². The third kappa shape index (κ3) is 2.45. The molecule has 3 nitrogen and oxygen atoms in total. The lowest BCUT2D eigenvalue weighted by molar-refractivity contribution is 0.547. The number of aryl methyl sites for hydroxylation is 1. The van der Waals surface area contributed by atoms with Gasteiger partial charge in [-0.05, 0) is 32.0 Å². The first kappa shape index (κ1) is 13.6. The normalized spacial score (nSPS) is 12.9. The first-order valence-corrected chi connectivity index (χ1v) is 7.96. The maximum Gasteiger partial charge on any atom is 0.125 e. The molecular weight excluding hydrogens is 290 g/mol. The summed E-state index contributed by atoms with van der Waals surface area (Å²) in [5, 5.41) is 0. The van der Waals surface area contributed by atoms with E-state index in [4.69, 9.17) is 11.6 Å². The van der Waals surface area contributed by atoms with Gasteiger partial charge in [0.15, 0.2) is 0 Å². The molecule has 1 unspecified atom stereocenters. The van der Waals surface area contributed by atoms with Gasteiger partial charge in [0, 0.05) is 28.4 Å². The predicted octanol–water partition coefficient (Wildman–Crippen LogP) is 4.34. The van der Waals surface area contributed by atoms with Crippen molar-refractivity contribution in [2.45, 2.75) is 32.2 Å². The lowest BCUT2D eigenvalue weighted by Crippen LogP contribution is -2.10. The van der Waals surface area contributed by atoms with Crippen LogP contribution in [0.4, 0.5) is 0 Å². The molecule has 104 valence electrons. The van der Waals surface area contributed by atoms with Crippen LogP contribution in [0.1, 0.15) is 28.5 Å². The molecule has 3 heterocycles. The van der Waals surface area contributed by atoms with Crippen molar-refractivity contribution in [3.63, 3.8) is 0 Å². The molecule has 3 rings (SSSR count). The highest BCUT2D eigenvalue weighted by atomic mass is 35.5.